The Balaban J connectivity index is 1.49. The number of imidazole rings is 1. The molecule has 0 radical (unpaired) electrons. The summed E-state index contributed by atoms with van der Waals surface area (Å²) in [6.07, 6.45) is 3.54. The molecule has 1 unspecified atom stereocenters. The summed E-state index contributed by atoms with van der Waals surface area (Å²) in [5.74, 6) is 3.41. The van der Waals surface area contributed by atoms with Crippen LogP contribution in [-0.2, 0) is 19.0 Å². The molecule has 0 bridgehead atoms. The lowest BCUT2D eigenvalue weighted by atomic mass is 9.94. The van der Waals surface area contributed by atoms with Gasteiger partial charge in [0.25, 0.3) is 5.56 Å². The molecular weight excluding hydrogens is 498 g/mol. The van der Waals surface area contributed by atoms with E-state index in [2.05, 4.69) is 21.7 Å². The normalized spacial score (nSPS) is 18.0. The van der Waals surface area contributed by atoms with E-state index in [9.17, 15) is 4.79 Å². The van der Waals surface area contributed by atoms with Crippen LogP contribution in [0.3, 0.4) is 0 Å². The third-order valence-electron chi connectivity index (χ3n) is 7.40. The SMILES string of the molecule is CC#CCn1c(N2CCCC(N)C2)nc2ccn(CC3=Nc4ccccc4C(F)(F)c4ccccc43)c(=O)c21. The van der Waals surface area contributed by atoms with Gasteiger partial charge in [-0.25, -0.2) is 4.98 Å². The van der Waals surface area contributed by atoms with E-state index in [4.69, 9.17) is 10.7 Å². The van der Waals surface area contributed by atoms with Gasteiger partial charge in [0.2, 0.25) is 5.95 Å². The van der Waals surface area contributed by atoms with Crippen LogP contribution >= 0.6 is 0 Å². The first kappa shape index (κ1) is 25.0. The molecule has 0 spiro atoms. The first-order chi connectivity index (χ1) is 18.9. The lowest BCUT2D eigenvalue weighted by Gasteiger charge is -2.31. The van der Waals surface area contributed by atoms with Gasteiger partial charge in [-0.1, -0.05) is 48.4 Å². The third kappa shape index (κ3) is 4.31. The average molecular weight is 527 g/mol. The molecule has 198 valence electrons. The summed E-state index contributed by atoms with van der Waals surface area (Å²) in [6.45, 7) is 3.52. The van der Waals surface area contributed by atoms with E-state index in [1.807, 2.05) is 4.57 Å². The number of alkyl halides is 2. The number of rotatable bonds is 4. The van der Waals surface area contributed by atoms with Crippen LogP contribution in [0, 0.1) is 11.8 Å². The van der Waals surface area contributed by atoms with Gasteiger partial charge in [0.1, 0.15) is 5.52 Å². The minimum Gasteiger partial charge on any atom is -0.341 e. The van der Waals surface area contributed by atoms with Gasteiger partial charge in [-0.05, 0) is 31.9 Å². The van der Waals surface area contributed by atoms with E-state index in [0.29, 0.717) is 41.3 Å². The number of para-hydroxylation sites is 1. The second-order valence-corrected chi connectivity index (χ2v) is 9.95. The first-order valence-corrected chi connectivity index (χ1v) is 13.0. The molecule has 2 aromatic heterocycles. The van der Waals surface area contributed by atoms with E-state index in [-0.39, 0.29) is 35.0 Å². The summed E-state index contributed by atoms with van der Waals surface area (Å²) in [7, 11) is 0. The number of hydrogen-bond donors (Lipinski definition) is 1. The molecule has 39 heavy (non-hydrogen) atoms. The van der Waals surface area contributed by atoms with Crippen LogP contribution in [0.5, 0.6) is 0 Å². The van der Waals surface area contributed by atoms with Crippen LogP contribution < -0.4 is 16.2 Å². The Kier molecular flexibility index (Phi) is 6.28. The summed E-state index contributed by atoms with van der Waals surface area (Å²) in [5.41, 5.74) is 7.54. The highest BCUT2D eigenvalue weighted by molar-refractivity contribution is 6.04. The fourth-order valence-electron chi connectivity index (χ4n) is 5.51. The average Bonchev–Trinajstić information content (AvgIpc) is 3.28. The molecule has 2 aliphatic rings. The molecule has 0 saturated carbocycles. The van der Waals surface area contributed by atoms with Gasteiger partial charge >= 0.3 is 5.92 Å². The number of anilines is 1. The van der Waals surface area contributed by atoms with Crippen molar-refractivity contribution in [3.63, 3.8) is 0 Å². The molecule has 6 rings (SSSR count). The van der Waals surface area contributed by atoms with Crippen LogP contribution in [0.4, 0.5) is 20.4 Å². The lowest BCUT2D eigenvalue weighted by molar-refractivity contribution is 0.0436. The number of nitrogens with two attached hydrogens (primary N) is 1. The molecule has 4 aromatic rings. The summed E-state index contributed by atoms with van der Waals surface area (Å²) in [5, 5.41) is 0. The summed E-state index contributed by atoms with van der Waals surface area (Å²) < 4.78 is 34.6. The van der Waals surface area contributed by atoms with Gasteiger partial charge in [-0.3, -0.25) is 14.4 Å². The first-order valence-electron chi connectivity index (χ1n) is 13.0. The number of benzene rings is 2. The third-order valence-corrected chi connectivity index (χ3v) is 7.40. The van der Waals surface area contributed by atoms with Crippen molar-refractivity contribution in [3.05, 3.63) is 87.8 Å². The van der Waals surface area contributed by atoms with E-state index in [0.717, 1.165) is 19.4 Å². The van der Waals surface area contributed by atoms with Crippen molar-refractivity contribution in [2.24, 2.45) is 10.7 Å². The molecule has 4 heterocycles. The number of pyridine rings is 1. The predicted octanol–water partition coefficient (Wildman–Crippen LogP) is 4.42. The summed E-state index contributed by atoms with van der Waals surface area (Å²) in [6, 6.07) is 14.4. The number of fused-ring (bicyclic) bond motifs is 3. The van der Waals surface area contributed by atoms with Gasteiger partial charge in [0, 0.05) is 36.5 Å². The number of halogens is 2. The fraction of sp³-hybridized carbons (Fsp3) is 0.300. The number of nitrogens with zero attached hydrogens (tertiary/aromatic N) is 5. The van der Waals surface area contributed by atoms with Crippen LogP contribution in [0.2, 0.25) is 0 Å². The smallest absolute Gasteiger partial charge is 0.301 e. The Labute approximate surface area is 224 Å². The molecule has 2 aliphatic heterocycles. The Morgan fingerprint density at radius 1 is 1.10 bits per heavy atom. The predicted molar refractivity (Wildman–Crippen MR) is 149 cm³/mol. The Hall–Kier alpha value is -4.29. The van der Waals surface area contributed by atoms with Crippen molar-refractivity contribution >= 4 is 28.4 Å². The summed E-state index contributed by atoms with van der Waals surface area (Å²) >= 11 is 0. The minimum atomic E-state index is -3.23. The van der Waals surface area contributed by atoms with Gasteiger partial charge < -0.3 is 15.2 Å². The Morgan fingerprint density at radius 2 is 1.87 bits per heavy atom. The van der Waals surface area contributed by atoms with Crippen LogP contribution in [0.1, 0.15) is 36.5 Å². The molecule has 0 amide bonds. The molecule has 1 fully saturated rings. The zero-order valence-corrected chi connectivity index (χ0v) is 21.6. The second-order valence-electron chi connectivity index (χ2n) is 9.95. The molecule has 7 nitrogen and oxygen atoms in total. The molecule has 1 saturated heterocycles. The van der Waals surface area contributed by atoms with Crippen LogP contribution in [0.15, 0.2) is 70.6 Å². The van der Waals surface area contributed by atoms with E-state index < -0.39 is 5.92 Å². The van der Waals surface area contributed by atoms with Crippen molar-refractivity contribution in [3.8, 4) is 11.8 Å². The molecule has 1 atom stereocenters. The lowest BCUT2D eigenvalue weighted by Crippen LogP contribution is -2.44. The van der Waals surface area contributed by atoms with Crippen molar-refractivity contribution in [2.45, 2.75) is 44.8 Å². The molecule has 0 aliphatic carbocycles. The topological polar surface area (TPSA) is 81.4 Å². The number of aromatic nitrogens is 3. The fourth-order valence-corrected chi connectivity index (χ4v) is 5.51. The minimum absolute atomic E-state index is 0.0186. The monoisotopic (exact) mass is 526 g/mol. The quantitative estimate of drug-likeness (QED) is 0.399. The molecular formula is C30H28F2N6O. The highest BCUT2D eigenvalue weighted by Crippen LogP contribution is 2.44. The standard InChI is InChI=1S/C30H28F2N6O/c1-2-3-16-38-27-25(35-29(38)37-15-8-9-20(33)18-37)14-17-36(28(27)39)19-26-21-10-4-5-11-22(21)30(31,32)23-12-6-7-13-24(23)34-26/h4-7,10-14,17,20H,8-9,15-16,18-19,33H2,1H3. The van der Waals surface area contributed by atoms with Gasteiger partial charge in [-0.2, -0.15) is 8.78 Å². The molecule has 2 N–H and O–H groups in total. The number of hydrogen-bond acceptors (Lipinski definition) is 5. The van der Waals surface area contributed by atoms with E-state index in [1.54, 1.807) is 55.6 Å². The van der Waals surface area contributed by atoms with Crippen LogP contribution in [-0.4, -0.2) is 39.0 Å². The zero-order chi connectivity index (χ0) is 27.1. The maximum absolute atomic E-state index is 15.6. The number of piperidine rings is 1. The van der Waals surface area contributed by atoms with Crippen molar-refractivity contribution in [2.75, 3.05) is 18.0 Å². The molecule has 2 aromatic carbocycles. The largest absolute Gasteiger partial charge is 0.341 e. The van der Waals surface area contributed by atoms with Gasteiger partial charge in [0.15, 0.2) is 0 Å². The van der Waals surface area contributed by atoms with E-state index in [1.165, 1.54) is 16.7 Å². The Morgan fingerprint density at radius 3 is 2.67 bits per heavy atom. The maximum atomic E-state index is 15.6. The van der Waals surface area contributed by atoms with Crippen molar-refractivity contribution in [1.82, 2.24) is 14.1 Å². The Bertz CT molecular complexity index is 1720. The van der Waals surface area contributed by atoms with Gasteiger partial charge in [-0.15, -0.1) is 5.92 Å². The van der Waals surface area contributed by atoms with Crippen molar-refractivity contribution < 1.29 is 8.78 Å². The zero-order valence-electron chi connectivity index (χ0n) is 21.6. The van der Waals surface area contributed by atoms with Crippen LogP contribution in [0.25, 0.3) is 11.0 Å². The number of aliphatic imine (C=N–C) groups is 1. The van der Waals surface area contributed by atoms with Gasteiger partial charge in [0.05, 0.1) is 35.6 Å². The highest BCUT2D eigenvalue weighted by Gasteiger charge is 2.40. The summed E-state index contributed by atoms with van der Waals surface area (Å²) in [4.78, 5) is 25.5. The highest BCUT2D eigenvalue weighted by atomic mass is 19.3. The molecule has 9 heteroatoms. The second kappa shape index (κ2) is 9.79. The van der Waals surface area contributed by atoms with Crippen molar-refractivity contribution in [1.29, 1.82) is 0 Å². The maximum Gasteiger partial charge on any atom is 0.301 e. The van der Waals surface area contributed by atoms with E-state index >= 15 is 8.78 Å².